The minimum Gasteiger partial charge on any atom is -0.478 e. The van der Waals surface area contributed by atoms with Crippen LogP contribution in [0.5, 0.6) is 0 Å². The van der Waals surface area contributed by atoms with Crippen molar-refractivity contribution in [1.82, 2.24) is 15.6 Å². The molecular weight excluding hydrogens is 278 g/mol. The topological polar surface area (TPSA) is 91.3 Å². The van der Waals surface area contributed by atoms with Gasteiger partial charge in [0.05, 0.1) is 17.8 Å². The summed E-state index contributed by atoms with van der Waals surface area (Å²) in [5, 5.41) is 14.3. The van der Waals surface area contributed by atoms with Gasteiger partial charge in [-0.25, -0.2) is 9.59 Å². The fourth-order valence-corrected chi connectivity index (χ4v) is 2.11. The lowest BCUT2D eigenvalue weighted by atomic mass is 10.2. The van der Waals surface area contributed by atoms with Crippen LogP contribution in [0.1, 0.15) is 29.4 Å². The number of hydrogen-bond donors (Lipinski definition) is 3. The maximum absolute atomic E-state index is 11.6. The largest absolute Gasteiger partial charge is 0.478 e. The number of nitrogens with zero attached hydrogens (tertiary/aromatic N) is 1. The van der Waals surface area contributed by atoms with Crippen molar-refractivity contribution >= 4 is 23.8 Å². The number of urea groups is 1. The summed E-state index contributed by atoms with van der Waals surface area (Å²) in [6, 6.07) is 2.68. The molecule has 3 N–H and O–H groups in total. The molecule has 2 amide bonds. The molecule has 0 fully saturated rings. The van der Waals surface area contributed by atoms with Crippen molar-refractivity contribution in [2.75, 3.05) is 12.0 Å². The molecule has 1 atom stereocenters. The minimum absolute atomic E-state index is 0.0979. The van der Waals surface area contributed by atoms with Gasteiger partial charge in [0, 0.05) is 12.2 Å². The highest BCUT2D eigenvalue weighted by molar-refractivity contribution is 7.98. The van der Waals surface area contributed by atoms with Crippen LogP contribution in [0.15, 0.2) is 18.3 Å². The summed E-state index contributed by atoms with van der Waals surface area (Å²) < 4.78 is 0. The molecule has 1 aromatic rings. The Kier molecular flexibility index (Phi) is 6.86. The number of rotatable bonds is 7. The third-order valence-corrected chi connectivity index (χ3v) is 3.27. The van der Waals surface area contributed by atoms with Crippen molar-refractivity contribution in [3.05, 3.63) is 29.6 Å². The number of carbonyl (C=O) groups is 2. The second kappa shape index (κ2) is 8.42. The zero-order chi connectivity index (χ0) is 15.0. The number of pyridine rings is 1. The lowest BCUT2D eigenvalue weighted by molar-refractivity contribution is 0.0696. The first-order valence-corrected chi connectivity index (χ1v) is 7.64. The normalized spacial score (nSPS) is 11.7. The van der Waals surface area contributed by atoms with Gasteiger partial charge in [0.2, 0.25) is 0 Å². The Morgan fingerprint density at radius 1 is 1.50 bits per heavy atom. The Hall–Kier alpha value is -1.76. The van der Waals surface area contributed by atoms with Gasteiger partial charge in [-0.05, 0) is 37.5 Å². The maximum atomic E-state index is 11.6. The summed E-state index contributed by atoms with van der Waals surface area (Å²) in [6.45, 7) is 2.14. The molecular formula is C13H19N3O3S. The molecule has 0 aliphatic rings. The van der Waals surface area contributed by atoms with E-state index >= 15 is 0 Å². The summed E-state index contributed by atoms with van der Waals surface area (Å²) >= 11 is 1.73. The molecule has 1 heterocycles. The molecule has 1 unspecified atom stereocenters. The van der Waals surface area contributed by atoms with Crippen molar-refractivity contribution in [3.63, 3.8) is 0 Å². The van der Waals surface area contributed by atoms with Gasteiger partial charge in [0.15, 0.2) is 0 Å². The van der Waals surface area contributed by atoms with Crippen LogP contribution in [-0.2, 0) is 6.54 Å². The minimum atomic E-state index is -1.01. The number of amides is 2. The van der Waals surface area contributed by atoms with Crippen LogP contribution in [0.2, 0.25) is 0 Å². The van der Waals surface area contributed by atoms with Crippen LogP contribution < -0.4 is 10.6 Å². The fraction of sp³-hybridized carbons (Fsp3) is 0.462. The second-order valence-corrected chi connectivity index (χ2v) is 5.34. The molecule has 6 nitrogen and oxygen atoms in total. The summed E-state index contributed by atoms with van der Waals surface area (Å²) in [5.74, 6) is -0.0206. The number of aromatic nitrogens is 1. The first kappa shape index (κ1) is 16.3. The van der Waals surface area contributed by atoms with Gasteiger partial charge in [-0.2, -0.15) is 11.8 Å². The van der Waals surface area contributed by atoms with Gasteiger partial charge in [-0.15, -0.1) is 0 Å². The lowest BCUT2D eigenvalue weighted by Crippen LogP contribution is -2.40. The molecule has 0 aliphatic carbocycles. The number of carboxylic acids is 1. The zero-order valence-electron chi connectivity index (χ0n) is 11.5. The Labute approximate surface area is 122 Å². The molecule has 0 radical (unpaired) electrons. The first-order chi connectivity index (χ1) is 9.52. The molecule has 0 aromatic carbocycles. The molecule has 0 bridgehead atoms. The number of nitrogens with one attached hydrogen (secondary N) is 2. The summed E-state index contributed by atoms with van der Waals surface area (Å²) in [5.41, 5.74) is 0.669. The van der Waals surface area contributed by atoms with Gasteiger partial charge >= 0.3 is 12.0 Å². The molecule has 1 rings (SSSR count). The molecule has 0 spiro atoms. The van der Waals surface area contributed by atoms with Crippen molar-refractivity contribution in [2.45, 2.75) is 25.9 Å². The number of carbonyl (C=O) groups excluding carboxylic acids is 1. The highest BCUT2D eigenvalue weighted by atomic mass is 32.2. The molecule has 0 saturated carbocycles. The molecule has 1 aromatic heterocycles. The first-order valence-electron chi connectivity index (χ1n) is 6.24. The summed E-state index contributed by atoms with van der Waals surface area (Å²) in [6.07, 6.45) is 4.34. The quantitative estimate of drug-likeness (QED) is 0.713. The maximum Gasteiger partial charge on any atom is 0.335 e. The number of hydrogen-bond acceptors (Lipinski definition) is 4. The van der Waals surface area contributed by atoms with Crippen molar-refractivity contribution in [3.8, 4) is 0 Å². The van der Waals surface area contributed by atoms with E-state index in [1.165, 1.54) is 18.3 Å². The Bertz CT molecular complexity index is 468. The number of carboxylic acid groups (broad SMARTS) is 1. The highest BCUT2D eigenvalue weighted by Gasteiger charge is 2.08. The number of aromatic carboxylic acids is 1. The van der Waals surface area contributed by atoms with Gasteiger partial charge in [-0.1, -0.05) is 0 Å². The van der Waals surface area contributed by atoms with E-state index in [9.17, 15) is 9.59 Å². The summed E-state index contributed by atoms with van der Waals surface area (Å²) in [7, 11) is 0. The van der Waals surface area contributed by atoms with Crippen molar-refractivity contribution < 1.29 is 14.7 Å². The molecule has 110 valence electrons. The molecule has 0 aliphatic heterocycles. The monoisotopic (exact) mass is 297 g/mol. The third-order valence-electron chi connectivity index (χ3n) is 2.63. The molecule has 0 saturated heterocycles. The van der Waals surface area contributed by atoms with E-state index in [0.29, 0.717) is 5.69 Å². The van der Waals surface area contributed by atoms with Gasteiger partial charge in [-0.3, -0.25) is 4.98 Å². The highest BCUT2D eigenvalue weighted by Crippen LogP contribution is 2.02. The lowest BCUT2D eigenvalue weighted by Gasteiger charge is -2.13. The zero-order valence-corrected chi connectivity index (χ0v) is 12.4. The fourth-order valence-electron chi connectivity index (χ4n) is 1.52. The van der Waals surface area contributed by atoms with Gasteiger partial charge in [0.1, 0.15) is 0 Å². The Balaban J connectivity index is 2.41. The average Bonchev–Trinajstić information content (AvgIpc) is 2.43. The van der Waals surface area contributed by atoms with Gasteiger partial charge in [0.25, 0.3) is 0 Å². The van der Waals surface area contributed by atoms with Crippen LogP contribution in [-0.4, -0.2) is 40.1 Å². The predicted octanol–water partition coefficient (Wildman–Crippen LogP) is 1.72. The van der Waals surface area contributed by atoms with Crippen LogP contribution >= 0.6 is 11.8 Å². The van der Waals surface area contributed by atoms with Gasteiger partial charge < -0.3 is 15.7 Å². The Morgan fingerprint density at radius 2 is 2.25 bits per heavy atom. The van der Waals surface area contributed by atoms with Crippen LogP contribution in [0, 0.1) is 0 Å². The van der Waals surface area contributed by atoms with Crippen molar-refractivity contribution in [1.29, 1.82) is 0 Å². The van der Waals surface area contributed by atoms with Crippen molar-refractivity contribution in [2.24, 2.45) is 0 Å². The van der Waals surface area contributed by atoms with Crippen LogP contribution in [0.3, 0.4) is 0 Å². The van der Waals surface area contributed by atoms with E-state index in [4.69, 9.17) is 5.11 Å². The number of thioether (sulfide) groups is 1. The second-order valence-electron chi connectivity index (χ2n) is 4.35. The average molecular weight is 297 g/mol. The van der Waals surface area contributed by atoms with Crippen LogP contribution in [0.4, 0.5) is 4.79 Å². The van der Waals surface area contributed by atoms with Crippen LogP contribution in [0.25, 0.3) is 0 Å². The third kappa shape index (κ3) is 5.92. The molecule has 7 heteroatoms. The predicted molar refractivity (Wildman–Crippen MR) is 79.0 cm³/mol. The SMILES string of the molecule is CSCCC(C)NC(=O)NCc1cc(C(=O)O)ccn1. The van der Waals surface area contributed by atoms with E-state index in [-0.39, 0.29) is 24.2 Å². The Morgan fingerprint density at radius 3 is 2.90 bits per heavy atom. The molecule has 20 heavy (non-hydrogen) atoms. The summed E-state index contributed by atoms with van der Waals surface area (Å²) in [4.78, 5) is 26.5. The standard InChI is InChI=1S/C13H19N3O3S/c1-9(4-6-20-2)16-13(19)15-8-11-7-10(12(17)18)3-5-14-11/h3,5,7,9H,4,6,8H2,1-2H3,(H,17,18)(H2,15,16,19). The van der Waals surface area contributed by atoms with E-state index in [1.54, 1.807) is 11.8 Å². The van der Waals surface area contributed by atoms with E-state index in [0.717, 1.165) is 12.2 Å². The van der Waals surface area contributed by atoms with E-state index in [2.05, 4.69) is 15.6 Å². The smallest absolute Gasteiger partial charge is 0.335 e. The van der Waals surface area contributed by atoms with E-state index < -0.39 is 5.97 Å². The van der Waals surface area contributed by atoms with E-state index in [1.807, 2.05) is 13.2 Å².